The van der Waals surface area contributed by atoms with Crippen LogP contribution in [0.5, 0.6) is 0 Å². The van der Waals surface area contributed by atoms with Crippen molar-refractivity contribution in [3.8, 4) is 0 Å². The largest absolute Gasteiger partial charge is 0.390 e. The first-order valence-electron chi connectivity index (χ1n) is 6.07. The maximum absolute atomic E-state index is 9.37. The zero-order valence-corrected chi connectivity index (χ0v) is 11.7. The molecular weight excluding hydrogens is 256 g/mol. The molecule has 0 radical (unpaired) electrons. The molecule has 0 aliphatic heterocycles. The van der Waals surface area contributed by atoms with Crippen LogP contribution in [-0.4, -0.2) is 21.3 Å². The molecule has 1 aromatic carbocycles. The van der Waals surface area contributed by atoms with E-state index in [4.69, 9.17) is 0 Å². The number of thioether (sulfide) groups is 1. The monoisotopic (exact) mass is 270 g/mol. The highest BCUT2D eigenvalue weighted by molar-refractivity contribution is 7.98. The lowest BCUT2D eigenvalue weighted by Gasteiger charge is -2.11. The molecule has 4 heteroatoms. The van der Waals surface area contributed by atoms with Crippen LogP contribution in [0.4, 0.5) is 0 Å². The number of aliphatic hydroxyl groups is 1. The van der Waals surface area contributed by atoms with E-state index in [1.165, 1.54) is 5.56 Å². The van der Waals surface area contributed by atoms with Crippen LogP contribution in [0.3, 0.4) is 0 Å². The lowest BCUT2D eigenvalue weighted by Crippen LogP contribution is -1.95. The van der Waals surface area contributed by atoms with Gasteiger partial charge in [-0.15, -0.1) is 11.8 Å². The molecule has 3 rings (SSSR count). The summed E-state index contributed by atoms with van der Waals surface area (Å²) in [5, 5.41) is 11.6. The van der Waals surface area contributed by atoms with Crippen molar-refractivity contribution in [2.45, 2.75) is 18.4 Å². The van der Waals surface area contributed by atoms with Gasteiger partial charge in [0.1, 0.15) is 0 Å². The molecule has 19 heavy (non-hydrogen) atoms. The van der Waals surface area contributed by atoms with Crippen LogP contribution in [0.2, 0.25) is 0 Å². The second-order valence-electron chi connectivity index (χ2n) is 4.47. The number of nitrogens with zero attached hydrogens (tertiary/aromatic N) is 2. The predicted octanol–water partition coefficient (Wildman–Crippen LogP) is 3.31. The summed E-state index contributed by atoms with van der Waals surface area (Å²) in [7, 11) is 0. The molecule has 0 atom stereocenters. The molecule has 3 aromatic rings. The Morgan fingerprint density at radius 2 is 2.11 bits per heavy atom. The summed E-state index contributed by atoms with van der Waals surface area (Å²) in [6, 6.07) is 8.07. The van der Waals surface area contributed by atoms with E-state index in [0.717, 1.165) is 26.7 Å². The summed E-state index contributed by atoms with van der Waals surface area (Å²) in [6.45, 7) is 2.04. The molecule has 0 bridgehead atoms. The van der Waals surface area contributed by atoms with E-state index in [1.54, 1.807) is 18.0 Å². The summed E-state index contributed by atoms with van der Waals surface area (Å²) in [6.07, 6.45) is 3.82. The van der Waals surface area contributed by atoms with Gasteiger partial charge < -0.3 is 5.11 Å². The number of aromatic nitrogens is 2. The summed E-state index contributed by atoms with van der Waals surface area (Å²) < 4.78 is 0. The summed E-state index contributed by atoms with van der Waals surface area (Å²) in [5.41, 5.74) is 3.66. The number of hydrogen-bond donors (Lipinski definition) is 1. The van der Waals surface area contributed by atoms with Crippen molar-refractivity contribution >= 4 is 33.6 Å². The van der Waals surface area contributed by atoms with Crippen LogP contribution >= 0.6 is 11.8 Å². The predicted molar refractivity (Wildman–Crippen MR) is 79.5 cm³/mol. The van der Waals surface area contributed by atoms with Crippen molar-refractivity contribution in [1.82, 2.24) is 9.97 Å². The molecule has 2 aromatic heterocycles. The SMILES string of the molecule is CSc1cc(CO)nc2c1c(C)cc1cccnc12. The number of rotatable bonds is 2. The van der Waals surface area contributed by atoms with Crippen LogP contribution in [0.15, 0.2) is 35.4 Å². The molecule has 0 aliphatic carbocycles. The molecule has 96 valence electrons. The minimum atomic E-state index is -0.0498. The van der Waals surface area contributed by atoms with Crippen molar-refractivity contribution in [1.29, 1.82) is 0 Å². The van der Waals surface area contributed by atoms with Gasteiger partial charge in [-0.2, -0.15) is 0 Å². The maximum atomic E-state index is 9.37. The number of aliphatic hydroxyl groups excluding tert-OH is 1. The second-order valence-corrected chi connectivity index (χ2v) is 5.31. The van der Waals surface area contributed by atoms with E-state index >= 15 is 0 Å². The highest BCUT2D eigenvalue weighted by Crippen LogP contribution is 2.33. The van der Waals surface area contributed by atoms with Gasteiger partial charge in [0.05, 0.1) is 23.3 Å². The molecule has 0 aliphatic rings. The normalized spacial score (nSPS) is 11.3. The molecule has 0 amide bonds. The highest BCUT2D eigenvalue weighted by Gasteiger charge is 2.11. The van der Waals surface area contributed by atoms with Gasteiger partial charge in [-0.05, 0) is 36.9 Å². The Morgan fingerprint density at radius 3 is 2.84 bits per heavy atom. The molecular formula is C15H14N2OS. The van der Waals surface area contributed by atoms with Gasteiger partial charge in [-0.1, -0.05) is 6.07 Å². The Balaban J connectivity index is 2.55. The van der Waals surface area contributed by atoms with Crippen molar-refractivity contribution < 1.29 is 5.11 Å². The lowest BCUT2D eigenvalue weighted by atomic mass is 10.0. The fraction of sp³-hybridized carbons (Fsp3) is 0.200. The average molecular weight is 270 g/mol. The van der Waals surface area contributed by atoms with Gasteiger partial charge in [-0.25, -0.2) is 4.98 Å². The Morgan fingerprint density at radius 1 is 1.26 bits per heavy atom. The van der Waals surface area contributed by atoms with Crippen molar-refractivity contribution in [3.63, 3.8) is 0 Å². The van der Waals surface area contributed by atoms with Crippen molar-refractivity contribution in [2.24, 2.45) is 0 Å². The van der Waals surface area contributed by atoms with Gasteiger partial charge >= 0.3 is 0 Å². The average Bonchev–Trinajstić information content (AvgIpc) is 2.46. The minimum absolute atomic E-state index is 0.0498. The summed E-state index contributed by atoms with van der Waals surface area (Å²) >= 11 is 1.67. The molecule has 2 heterocycles. The van der Waals surface area contributed by atoms with Gasteiger partial charge in [0.15, 0.2) is 0 Å². The Labute approximate surface area is 115 Å². The Kier molecular flexibility index (Phi) is 3.12. The molecule has 0 unspecified atom stereocenters. The molecule has 0 saturated carbocycles. The topological polar surface area (TPSA) is 46.0 Å². The van der Waals surface area contributed by atoms with E-state index in [0.29, 0.717) is 5.69 Å². The molecule has 1 N–H and O–H groups in total. The summed E-state index contributed by atoms with van der Waals surface area (Å²) in [5.74, 6) is 0. The van der Waals surface area contributed by atoms with Gasteiger partial charge in [0.25, 0.3) is 0 Å². The first kappa shape index (κ1) is 12.4. The lowest BCUT2D eigenvalue weighted by molar-refractivity contribution is 0.277. The van der Waals surface area contributed by atoms with E-state index in [-0.39, 0.29) is 6.61 Å². The van der Waals surface area contributed by atoms with Crippen LogP contribution in [-0.2, 0) is 6.61 Å². The fourth-order valence-electron chi connectivity index (χ4n) is 2.40. The molecule has 0 saturated heterocycles. The highest BCUT2D eigenvalue weighted by atomic mass is 32.2. The maximum Gasteiger partial charge on any atom is 0.0982 e. The molecule has 0 spiro atoms. The van der Waals surface area contributed by atoms with Gasteiger partial charge in [-0.3, -0.25) is 4.98 Å². The Hall–Kier alpha value is -1.65. The number of pyridine rings is 2. The van der Waals surface area contributed by atoms with Crippen molar-refractivity contribution in [2.75, 3.05) is 6.26 Å². The fourth-order valence-corrected chi connectivity index (χ4v) is 3.12. The van der Waals surface area contributed by atoms with E-state index < -0.39 is 0 Å². The van der Waals surface area contributed by atoms with Crippen LogP contribution in [0, 0.1) is 6.92 Å². The van der Waals surface area contributed by atoms with Crippen molar-refractivity contribution in [3.05, 3.63) is 41.7 Å². The second kappa shape index (κ2) is 4.79. The first-order valence-corrected chi connectivity index (χ1v) is 7.30. The smallest absolute Gasteiger partial charge is 0.0982 e. The van der Waals surface area contributed by atoms with Crippen LogP contribution < -0.4 is 0 Å². The number of benzene rings is 1. The molecule has 3 nitrogen and oxygen atoms in total. The van der Waals surface area contributed by atoms with E-state index in [1.807, 2.05) is 24.5 Å². The third-order valence-corrected chi connectivity index (χ3v) is 4.01. The third-order valence-electron chi connectivity index (χ3n) is 3.25. The van der Waals surface area contributed by atoms with E-state index in [2.05, 4.69) is 23.0 Å². The molecule has 0 fully saturated rings. The number of aryl methyl sites for hydroxylation is 1. The quantitative estimate of drug-likeness (QED) is 0.573. The third kappa shape index (κ3) is 1.97. The minimum Gasteiger partial charge on any atom is -0.390 e. The Bertz CT molecular complexity index is 771. The van der Waals surface area contributed by atoms with E-state index in [9.17, 15) is 5.11 Å². The van der Waals surface area contributed by atoms with Gasteiger partial charge in [0.2, 0.25) is 0 Å². The van der Waals surface area contributed by atoms with Crippen LogP contribution in [0.1, 0.15) is 11.3 Å². The standard InChI is InChI=1S/C15H14N2OS/c1-9-6-10-4-3-5-16-14(10)15-13(9)12(19-2)7-11(8-18)17-15/h3-7,18H,8H2,1-2H3. The number of hydrogen-bond acceptors (Lipinski definition) is 4. The van der Waals surface area contributed by atoms with Crippen LogP contribution in [0.25, 0.3) is 21.8 Å². The first-order chi connectivity index (χ1) is 9.24. The van der Waals surface area contributed by atoms with Gasteiger partial charge in [0, 0.05) is 21.9 Å². The summed E-state index contributed by atoms with van der Waals surface area (Å²) in [4.78, 5) is 10.2. The number of fused-ring (bicyclic) bond motifs is 3. The zero-order valence-electron chi connectivity index (χ0n) is 10.8. The zero-order chi connectivity index (χ0) is 13.4.